The largest absolute Gasteiger partial charge is 0.353 e. The van der Waals surface area contributed by atoms with Crippen molar-refractivity contribution in [3.05, 3.63) is 52.1 Å². The number of aromatic nitrogens is 1. The van der Waals surface area contributed by atoms with Crippen molar-refractivity contribution in [2.75, 3.05) is 31.1 Å². The second kappa shape index (κ2) is 8.26. The number of halogens is 4. The van der Waals surface area contributed by atoms with Crippen LogP contribution in [0.2, 0.25) is 10.0 Å². The van der Waals surface area contributed by atoms with Crippen molar-refractivity contribution in [2.45, 2.75) is 17.2 Å². The van der Waals surface area contributed by atoms with Crippen LogP contribution in [0.1, 0.15) is 5.56 Å². The third kappa shape index (κ3) is 4.68. The van der Waals surface area contributed by atoms with Crippen LogP contribution in [-0.2, 0) is 16.4 Å². The second-order valence-corrected chi connectivity index (χ2v) is 8.93. The minimum Gasteiger partial charge on any atom is -0.353 e. The number of hydrogen-bond donors (Lipinski definition) is 0. The molecule has 1 aliphatic heterocycles. The highest BCUT2D eigenvalue weighted by Crippen LogP contribution is 2.27. The van der Waals surface area contributed by atoms with Crippen LogP contribution in [0.25, 0.3) is 0 Å². The molecule has 27 heavy (non-hydrogen) atoms. The lowest BCUT2D eigenvalue weighted by Gasteiger charge is -2.35. The summed E-state index contributed by atoms with van der Waals surface area (Å²) in [7, 11) is -4.55. The zero-order chi connectivity index (χ0) is 19.6. The highest BCUT2D eigenvalue weighted by Gasteiger charge is 2.26. The SMILES string of the molecule is O=S(=O)(c1ccc(CN2CCN(c3ncc(Cl)cc3Cl)CC2)cc1)C(F)F. The molecule has 1 aromatic heterocycles. The molecule has 0 bridgehead atoms. The third-order valence-electron chi connectivity index (χ3n) is 4.35. The van der Waals surface area contributed by atoms with Gasteiger partial charge >= 0.3 is 5.76 Å². The molecule has 10 heteroatoms. The van der Waals surface area contributed by atoms with E-state index in [1.54, 1.807) is 24.4 Å². The average molecular weight is 436 g/mol. The maximum atomic E-state index is 12.6. The van der Waals surface area contributed by atoms with Crippen LogP contribution >= 0.6 is 23.2 Å². The van der Waals surface area contributed by atoms with Crippen LogP contribution in [0.4, 0.5) is 14.6 Å². The van der Waals surface area contributed by atoms with Gasteiger partial charge in [0.05, 0.1) is 14.9 Å². The Hall–Kier alpha value is -1.48. The van der Waals surface area contributed by atoms with E-state index in [4.69, 9.17) is 23.2 Å². The van der Waals surface area contributed by atoms with Gasteiger partial charge in [0.25, 0.3) is 0 Å². The molecule has 2 aromatic rings. The van der Waals surface area contributed by atoms with E-state index in [0.717, 1.165) is 31.7 Å². The molecule has 0 atom stereocenters. The number of sulfone groups is 1. The fourth-order valence-electron chi connectivity index (χ4n) is 2.90. The summed E-state index contributed by atoms with van der Waals surface area (Å²) in [5.74, 6) is -2.72. The van der Waals surface area contributed by atoms with Crippen LogP contribution in [0.15, 0.2) is 41.4 Å². The predicted octanol–water partition coefficient (Wildman–Crippen LogP) is 3.71. The first-order valence-corrected chi connectivity index (χ1v) is 10.5. The fraction of sp³-hybridized carbons (Fsp3) is 0.353. The van der Waals surface area contributed by atoms with Crippen molar-refractivity contribution < 1.29 is 17.2 Å². The molecule has 0 radical (unpaired) electrons. The Labute approximate surface area is 166 Å². The maximum absolute atomic E-state index is 12.6. The van der Waals surface area contributed by atoms with Gasteiger partial charge in [0.15, 0.2) is 0 Å². The number of benzene rings is 1. The van der Waals surface area contributed by atoms with Crippen molar-refractivity contribution >= 4 is 38.9 Å². The van der Waals surface area contributed by atoms with Gasteiger partial charge in [-0.2, -0.15) is 8.78 Å². The molecular weight excluding hydrogens is 419 g/mol. The average Bonchev–Trinajstić information content (AvgIpc) is 2.63. The van der Waals surface area contributed by atoms with E-state index in [1.165, 1.54) is 12.1 Å². The topological polar surface area (TPSA) is 53.5 Å². The Morgan fingerprint density at radius 1 is 1.07 bits per heavy atom. The van der Waals surface area contributed by atoms with Gasteiger partial charge in [-0.05, 0) is 23.8 Å². The molecule has 0 saturated carbocycles. The van der Waals surface area contributed by atoms with Crippen molar-refractivity contribution in [1.29, 1.82) is 0 Å². The standard InChI is InChI=1S/C17H17Cl2F2N3O2S/c18-13-9-15(19)16(22-10-13)24-7-5-23(6-8-24)11-12-1-3-14(4-2-12)27(25,26)17(20)21/h1-4,9-10,17H,5-8,11H2. The van der Waals surface area contributed by atoms with Gasteiger partial charge in [0.1, 0.15) is 5.82 Å². The van der Waals surface area contributed by atoms with E-state index < -0.39 is 15.6 Å². The first kappa shape index (κ1) is 20.3. The predicted molar refractivity (Wildman–Crippen MR) is 101 cm³/mol. The Morgan fingerprint density at radius 2 is 1.70 bits per heavy atom. The zero-order valence-corrected chi connectivity index (χ0v) is 16.5. The van der Waals surface area contributed by atoms with Gasteiger partial charge in [0.2, 0.25) is 9.84 Å². The summed E-state index contributed by atoms with van der Waals surface area (Å²) in [4.78, 5) is 8.18. The number of alkyl halides is 2. The third-order valence-corrected chi connectivity index (χ3v) is 6.24. The minimum atomic E-state index is -4.55. The smallest absolute Gasteiger partial charge is 0.341 e. The number of nitrogens with zero attached hydrogens (tertiary/aromatic N) is 3. The van der Waals surface area contributed by atoms with Crippen LogP contribution in [0.5, 0.6) is 0 Å². The molecule has 3 rings (SSSR count). The Kier molecular flexibility index (Phi) is 6.20. The lowest BCUT2D eigenvalue weighted by Crippen LogP contribution is -2.46. The number of anilines is 1. The highest BCUT2D eigenvalue weighted by molar-refractivity contribution is 7.91. The summed E-state index contributed by atoms with van der Waals surface area (Å²) >= 11 is 12.1. The van der Waals surface area contributed by atoms with Crippen LogP contribution < -0.4 is 4.90 Å². The van der Waals surface area contributed by atoms with Crippen LogP contribution in [0.3, 0.4) is 0 Å². The molecule has 0 unspecified atom stereocenters. The normalized spacial score (nSPS) is 16.1. The van der Waals surface area contributed by atoms with Gasteiger partial charge in [0, 0.05) is 38.9 Å². The highest BCUT2D eigenvalue weighted by atomic mass is 35.5. The number of piperazine rings is 1. The van der Waals surface area contributed by atoms with Gasteiger partial charge in [-0.15, -0.1) is 0 Å². The molecule has 146 valence electrons. The molecule has 2 heterocycles. The van der Waals surface area contributed by atoms with Gasteiger partial charge in [-0.3, -0.25) is 4.90 Å². The molecule has 1 aliphatic rings. The quantitative estimate of drug-likeness (QED) is 0.716. The molecule has 1 fully saturated rings. The summed E-state index contributed by atoms with van der Waals surface area (Å²) in [6.07, 6.45) is 1.56. The molecule has 0 N–H and O–H groups in total. The number of rotatable bonds is 5. The lowest BCUT2D eigenvalue weighted by atomic mass is 10.2. The summed E-state index contributed by atoms with van der Waals surface area (Å²) in [6, 6.07) is 7.25. The first-order valence-electron chi connectivity index (χ1n) is 8.17. The molecule has 0 spiro atoms. The van der Waals surface area contributed by atoms with Crippen LogP contribution in [0, 0.1) is 0 Å². The van der Waals surface area contributed by atoms with Crippen molar-refractivity contribution in [2.24, 2.45) is 0 Å². The van der Waals surface area contributed by atoms with Gasteiger partial charge in [-0.1, -0.05) is 35.3 Å². The summed E-state index contributed by atoms with van der Waals surface area (Å²) < 4.78 is 48.1. The molecule has 0 aliphatic carbocycles. The molecule has 0 amide bonds. The van der Waals surface area contributed by atoms with E-state index in [-0.39, 0.29) is 4.90 Å². The van der Waals surface area contributed by atoms with Gasteiger partial charge in [-0.25, -0.2) is 13.4 Å². The molecule has 1 saturated heterocycles. The number of pyridine rings is 1. The van der Waals surface area contributed by atoms with E-state index in [1.807, 2.05) is 0 Å². The van der Waals surface area contributed by atoms with E-state index in [9.17, 15) is 17.2 Å². The maximum Gasteiger partial charge on any atom is 0.341 e. The van der Waals surface area contributed by atoms with E-state index in [0.29, 0.717) is 22.4 Å². The lowest BCUT2D eigenvalue weighted by molar-refractivity contribution is 0.234. The monoisotopic (exact) mass is 435 g/mol. The fourth-order valence-corrected chi connectivity index (χ4v) is 4.12. The Morgan fingerprint density at radius 3 is 2.26 bits per heavy atom. The Balaban J connectivity index is 1.59. The molecule has 1 aromatic carbocycles. The van der Waals surface area contributed by atoms with Crippen molar-refractivity contribution in [1.82, 2.24) is 9.88 Å². The second-order valence-electron chi connectivity index (χ2n) is 6.17. The zero-order valence-electron chi connectivity index (χ0n) is 14.2. The Bertz CT molecular complexity index is 903. The molecular formula is C17H17Cl2F2N3O2S. The van der Waals surface area contributed by atoms with Gasteiger partial charge < -0.3 is 4.90 Å². The van der Waals surface area contributed by atoms with Crippen LogP contribution in [-0.4, -0.2) is 50.2 Å². The van der Waals surface area contributed by atoms with E-state index >= 15 is 0 Å². The summed E-state index contributed by atoms with van der Waals surface area (Å²) in [5, 5.41) is 0.992. The van der Waals surface area contributed by atoms with Crippen molar-refractivity contribution in [3.63, 3.8) is 0 Å². The minimum absolute atomic E-state index is 0.366. The number of hydrogen-bond acceptors (Lipinski definition) is 5. The summed E-state index contributed by atoms with van der Waals surface area (Å²) in [6.45, 7) is 3.58. The molecule has 5 nitrogen and oxygen atoms in total. The first-order chi connectivity index (χ1) is 12.8. The summed E-state index contributed by atoms with van der Waals surface area (Å²) in [5.41, 5.74) is 0.860. The van der Waals surface area contributed by atoms with Crippen molar-refractivity contribution in [3.8, 4) is 0 Å². The van der Waals surface area contributed by atoms with E-state index in [2.05, 4.69) is 14.8 Å².